The zero-order chi connectivity index (χ0) is 16.0. The number of benzene rings is 2. The van der Waals surface area contributed by atoms with Crippen molar-refractivity contribution in [3.63, 3.8) is 0 Å². The molecule has 0 atom stereocenters. The Balaban J connectivity index is 2.14. The minimum absolute atomic E-state index is 0.262. The minimum atomic E-state index is -0.297. The first-order chi connectivity index (χ1) is 11.2. The van der Waals surface area contributed by atoms with Gasteiger partial charge in [-0.15, -0.1) is 0 Å². The Morgan fingerprint density at radius 1 is 1.17 bits per heavy atom. The fourth-order valence-electron chi connectivity index (χ4n) is 2.74. The molecule has 4 nitrogen and oxygen atoms in total. The number of halogens is 2. The molecule has 0 aliphatic heterocycles. The van der Waals surface area contributed by atoms with Gasteiger partial charge in [0.05, 0.1) is 24.3 Å². The Labute approximate surface area is 135 Å². The molecular weight excluding hydrogens is 317 g/mol. The van der Waals surface area contributed by atoms with Crippen molar-refractivity contribution in [1.29, 1.82) is 0 Å². The van der Waals surface area contributed by atoms with Crippen LogP contribution in [0.1, 0.15) is 0 Å². The molecule has 4 aromatic rings. The van der Waals surface area contributed by atoms with Gasteiger partial charge in [-0.1, -0.05) is 23.7 Å². The largest absolute Gasteiger partial charge is 0.493 e. The Hall–Kier alpha value is -2.66. The summed E-state index contributed by atoms with van der Waals surface area (Å²) in [5, 5.41) is 9.03. The molecule has 23 heavy (non-hydrogen) atoms. The highest BCUT2D eigenvalue weighted by Crippen LogP contribution is 2.41. The van der Waals surface area contributed by atoms with Crippen molar-refractivity contribution < 1.29 is 9.13 Å². The van der Waals surface area contributed by atoms with E-state index in [1.54, 1.807) is 18.3 Å². The molecule has 0 fully saturated rings. The third-order valence-electron chi connectivity index (χ3n) is 3.80. The molecule has 2 heterocycles. The summed E-state index contributed by atoms with van der Waals surface area (Å²) in [4.78, 5) is 4.40. The van der Waals surface area contributed by atoms with Crippen LogP contribution in [0.5, 0.6) is 5.75 Å². The Morgan fingerprint density at radius 3 is 2.70 bits per heavy atom. The molecule has 0 bridgehead atoms. The maximum atomic E-state index is 13.3. The number of nitrogens with zero attached hydrogens (tertiary/aromatic N) is 2. The standard InChI is InChI=1S/C17H11ClFN3O/c1-23-16-15(9-2-4-11(19)5-3-9)12-6-10-8-20-22-13(10)7-14(12)21-17(16)18/h2-8H,1H3,(H,20,22). The van der Waals surface area contributed by atoms with Crippen LogP contribution in [0.25, 0.3) is 32.9 Å². The van der Waals surface area contributed by atoms with E-state index in [0.717, 1.165) is 27.4 Å². The molecule has 6 heteroatoms. The van der Waals surface area contributed by atoms with Gasteiger partial charge >= 0.3 is 0 Å². The zero-order valence-electron chi connectivity index (χ0n) is 12.1. The molecule has 0 spiro atoms. The lowest BCUT2D eigenvalue weighted by atomic mass is 9.99. The van der Waals surface area contributed by atoms with Crippen molar-refractivity contribution in [3.8, 4) is 16.9 Å². The highest BCUT2D eigenvalue weighted by molar-refractivity contribution is 6.32. The lowest BCUT2D eigenvalue weighted by Crippen LogP contribution is -1.94. The lowest BCUT2D eigenvalue weighted by molar-refractivity contribution is 0.415. The van der Waals surface area contributed by atoms with Crippen LogP contribution in [-0.2, 0) is 0 Å². The van der Waals surface area contributed by atoms with Gasteiger partial charge in [0.15, 0.2) is 10.9 Å². The Kier molecular flexibility index (Phi) is 3.16. The summed E-state index contributed by atoms with van der Waals surface area (Å²) in [5.41, 5.74) is 3.18. The normalized spacial score (nSPS) is 11.3. The summed E-state index contributed by atoms with van der Waals surface area (Å²) < 4.78 is 18.7. The number of nitrogens with one attached hydrogen (secondary N) is 1. The van der Waals surface area contributed by atoms with Crippen LogP contribution in [0.3, 0.4) is 0 Å². The second kappa shape index (κ2) is 5.21. The second-order valence-electron chi connectivity index (χ2n) is 5.14. The molecule has 0 aliphatic rings. The molecule has 114 valence electrons. The van der Waals surface area contributed by atoms with E-state index in [1.807, 2.05) is 12.1 Å². The van der Waals surface area contributed by atoms with Crippen LogP contribution in [-0.4, -0.2) is 22.3 Å². The van der Waals surface area contributed by atoms with Gasteiger partial charge in [0.1, 0.15) is 5.82 Å². The summed E-state index contributed by atoms with van der Waals surface area (Å²) in [6.07, 6.45) is 1.74. The van der Waals surface area contributed by atoms with Gasteiger partial charge in [0, 0.05) is 16.3 Å². The lowest BCUT2D eigenvalue weighted by Gasteiger charge is -2.13. The first-order valence-electron chi connectivity index (χ1n) is 6.93. The van der Waals surface area contributed by atoms with Gasteiger partial charge in [0.25, 0.3) is 0 Å². The number of methoxy groups -OCH3 is 1. The highest BCUT2D eigenvalue weighted by Gasteiger charge is 2.17. The molecule has 0 saturated carbocycles. The monoisotopic (exact) mass is 327 g/mol. The van der Waals surface area contributed by atoms with Crippen molar-refractivity contribution in [2.45, 2.75) is 0 Å². The van der Waals surface area contributed by atoms with Gasteiger partial charge < -0.3 is 4.74 Å². The number of fused-ring (bicyclic) bond motifs is 2. The van der Waals surface area contributed by atoms with E-state index >= 15 is 0 Å². The summed E-state index contributed by atoms with van der Waals surface area (Å²) in [7, 11) is 1.54. The van der Waals surface area contributed by atoms with E-state index in [0.29, 0.717) is 11.3 Å². The first-order valence-corrected chi connectivity index (χ1v) is 7.31. The molecule has 0 aliphatic carbocycles. The van der Waals surface area contributed by atoms with Crippen LogP contribution in [0, 0.1) is 5.82 Å². The van der Waals surface area contributed by atoms with Gasteiger partial charge in [-0.05, 0) is 29.8 Å². The van der Waals surface area contributed by atoms with Crippen molar-refractivity contribution in [2.24, 2.45) is 0 Å². The van der Waals surface area contributed by atoms with Gasteiger partial charge in [-0.2, -0.15) is 5.10 Å². The molecule has 2 aromatic carbocycles. The molecule has 0 amide bonds. The molecule has 4 rings (SSSR count). The Morgan fingerprint density at radius 2 is 1.96 bits per heavy atom. The molecule has 2 aromatic heterocycles. The van der Waals surface area contributed by atoms with E-state index in [1.165, 1.54) is 19.2 Å². The fourth-order valence-corrected chi connectivity index (χ4v) is 3.01. The van der Waals surface area contributed by atoms with Gasteiger partial charge in [-0.25, -0.2) is 9.37 Å². The summed E-state index contributed by atoms with van der Waals surface area (Å²) >= 11 is 6.28. The summed E-state index contributed by atoms with van der Waals surface area (Å²) in [6, 6.07) is 10.1. The summed E-state index contributed by atoms with van der Waals surface area (Å²) in [6.45, 7) is 0. The predicted octanol–water partition coefficient (Wildman–Crippen LogP) is 4.58. The number of pyridine rings is 1. The maximum absolute atomic E-state index is 13.3. The van der Waals surface area contributed by atoms with Gasteiger partial charge in [0.2, 0.25) is 0 Å². The molecular formula is C17H11ClFN3O. The van der Waals surface area contributed by atoms with Crippen molar-refractivity contribution in [3.05, 3.63) is 53.6 Å². The maximum Gasteiger partial charge on any atom is 0.172 e. The average Bonchev–Trinajstić information content (AvgIpc) is 3.00. The SMILES string of the molecule is COc1c(Cl)nc2cc3[nH]ncc3cc2c1-c1ccc(F)cc1. The van der Waals surface area contributed by atoms with Crippen LogP contribution in [0.15, 0.2) is 42.6 Å². The third kappa shape index (κ3) is 2.21. The van der Waals surface area contributed by atoms with E-state index < -0.39 is 0 Å². The number of hydrogen-bond acceptors (Lipinski definition) is 3. The van der Waals surface area contributed by atoms with E-state index in [9.17, 15) is 4.39 Å². The van der Waals surface area contributed by atoms with Crippen molar-refractivity contribution in [1.82, 2.24) is 15.2 Å². The molecule has 1 N–H and O–H groups in total. The quantitative estimate of drug-likeness (QED) is 0.548. The summed E-state index contributed by atoms with van der Waals surface area (Å²) in [5.74, 6) is 0.169. The average molecular weight is 328 g/mol. The minimum Gasteiger partial charge on any atom is -0.493 e. The van der Waals surface area contributed by atoms with Crippen molar-refractivity contribution in [2.75, 3.05) is 7.11 Å². The molecule has 0 radical (unpaired) electrons. The first kappa shape index (κ1) is 14.0. The number of aromatic amines is 1. The predicted molar refractivity (Wildman–Crippen MR) is 88.4 cm³/mol. The zero-order valence-corrected chi connectivity index (χ0v) is 12.9. The smallest absolute Gasteiger partial charge is 0.172 e. The van der Waals surface area contributed by atoms with Gasteiger partial charge in [-0.3, -0.25) is 5.10 Å². The Bertz CT molecular complexity index is 1030. The van der Waals surface area contributed by atoms with E-state index in [-0.39, 0.29) is 11.0 Å². The molecule has 0 saturated heterocycles. The number of aromatic nitrogens is 3. The highest BCUT2D eigenvalue weighted by atomic mass is 35.5. The number of rotatable bonds is 2. The third-order valence-corrected chi connectivity index (χ3v) is 4.05. The molecule has 0 unspecified atom stereocenters. The number of hydrogen-bond donors (Lipinski definition) is 1. The second-order valence-corrected chi connectivity index (χ2v) is 5.50. The van der Waals surface area contributed by atoms with Crippen LogP contribution < -0.4 is 4.74 Å². The number of ether oxygens (including phenoxy) is 1. The van der Waals surface area contributed by atoms with Crippen LogP contribution in [0.4, 0.5) is 4.39 Å². The topological polar surface area (TPSA) is 50.8 Å². The van der Waals surface area contributed by atoms with Crippen molar-refractivity contribution >= 4 is 33.4 Å². The number of H-pyrrole nitrogens is 1. The van der Waals surface area contributed by atoms with E-state index in [2.05, 4.69) is 15.2 Å². The fraction of sp³-hybridized carbons (Fsp3) is 0.0588. The van der Waals surface area contributed by atoms with Crippen LogP contribution >= 0.6 is 11.6 Å². The van der Waals surface area contributed by atoms with Crippen LogP contribution in [0.2, 0.25) is 5.15 Å². The van der Waals surface area contributed by atoms with E-state index in [4.69, 9.17) is 16.3 Å².